The molecule has 1 aromatic heterocycles. The Bertz CT molecular complexity index is 1360. The Hall–Kier alpha value is -2.14. The number of aromatic nitrogens is 2. The second kappa shape index (κ2) is 12.1. The van der Waals surface area contributed by atoms with Gasteiger partial charge in [0.25, 0.3) is 10.1 Å². The Kier molecular flexibility index (Phi) is 9.66. The Labute approximate surface area is 225 Å². The van der Waals surface area contributed by atoms with E-state index in [2.05, 4.69) is 35.4 Å². The highest BCUT2D eigenvalue weighted by atomic mass is 79.9. The molecule has 0 amide bonds. The maximum atomic E-state index is 11.4. The van der Waals surface area contributed by atoms with Crippen molar-refractivity contribution < 1.29 is 42.9 Å². The van der Waals surface area contributed by atoms with Crippen molar-refractivity contribution in [1.82, 2.24) is 9.97 Å². The predicted octanol–water partition coefficient (Wildman–Crippen LogP) is 1.25. The summed E-state index contributed by atoms with van der Waals surface area (Å²) in [4.78, 5) is 8.43. The maximum absolute atomic E-state index is 11.4. The van der Waals surface area contributed by atoms with Gasteiger partial charge in [0, 0.05) is 21.1 Å². The van der Waals surface area contributed by atoms with Gasteiger partial charge < -0.3 is 35.6 Å². The van der Waals surface area contributed by atoms with Gasteiger partial charge >= 0.3 is 0 Å². The standard InChI is InChI=1S/C22H25BrClN3O9S/c1-35-16-7-11-15(25-9-26-22(11)27-10-3-4-13(23)14(24)5-10)6-12(16)18(29)20(31)21(32)19(30)17(8-28)36-37(2,33)34/h3-7,9,17-21,28-32H,8H2,1-2H3,(H,25,26,27)/t17-,18?,19-,20+,21+/m0/s1. The molecule has 0 saturated carbocycles. The lowest BCUT2D eigenvalue weighted by atomic mass is 9.94. The van der Waals surface area contributed by atoms with E-state index in [1.54, 1.807) is 18.2 Å². The van der Waals surface area contributed by atoms with Crippen molar-refractivity contribution >= 4 is 60.1 Å². The third-order valence-corrected chi connectivity index (χ3v) is 7.20. The third kappa shape index (κ3) is 7.04. The Morgan fingerprint density at radius 2 is 1.78 bits per heavy atom. The molecule has 0 saturated heterocycles. The first-order valence-electron chi connectivity index (χ1n) is 10.6. The van der Waals surface area contributed by atoms with Gasteiger partial charge in [0.15, 0.2) is 0 Å². The zero-order chi connectivity index (χ0) is 27.5. The smallest absolute Gasteiger partial charge is 0.264 e. The van der Waals surface area contributed by atoms with E-state index >= 15 is 0 Å². The molecule has 1 heterocycles. The van der Waals surface area contributed by atoms with Crippen LogP contribution in [0.3, 0.4) is 0 Å². The fourth-order valence-corrected chi connectivity index (χ4v) is 4.58. The van der Waals surface area contributed by atoms with Crippen molar-refractivity contribution in [2.75, 3.05) is 25.3 Å². The van der Waals surface area contributed by atoms with Crippen molar-refractivity contribution in [1.29, 1.82) is 0 Å². The summed E-state index contributed by atoms with van der Waals surface area (Å²) >= 11 is 9.48. The quantitative estimate of drug-likeness (QED) is 0.168. The highest BCUT2D eigenvalue weighted by Gasteiger charge is 2.38. The van der Waals surface area contributed by atoms with Crippen LogP contribution in [0.1, 0.15) is 11.7 Å². The summed E-state index contributed by atoms with van der Waals surface area (Å²) in [6.45, 7) is -0.982. The lowest BCUT2D eigenvalue weighted by molar-refractivity contribution is -0.135. The average Bonchev–Trinajstić information content (AvgIpc) is 2.86. The van der Waals surface area contributed by atoms with Gasteiger partial charge in [-0.1, -0.05) is 11.6 Å². The van der Waals surface area contributed by atoms with E-state index in [1.807, 2.05) is 0 Å². The number of fused-ring (bicyclic) bond motifs is 1. The second-order valence-corrected chi connectivity index (χ2v) is 10.9. The lowest BCUT2D eigenvalue weighted by Crippen LogP contribution is -2.49. The molecule has 3 rings (SSSR count). The van der Waals surface area contributed by atoms with Gasteiger partial charge in [0.05, 0.1) is 30.5 Å². The van der Waals surface area contributed by atoms with Crippen molar-refractivity contribution in [3.8, 4) is 5.75 Å². The fraction of sp³-hybridized carbons (Fsp3) is 0.364. The van der Waals surface area contributed by atoms with Crippen molar-refractivity contribution in [2.24, 2.45) is 0 Å². The number of nitrogens with one attached hydrogen (secondary N) is 1. The predicted molar refractivity (Wildman–Crippen MR) is 138 cm³/mol. The summed E-state index contributed by atoms with van der Waals surface area (Å²) in [5.74, 6) is 0.487. The summed E-state index contributed by atoms with van der Waals surface area (Å²) in [6.07, 6.45) is -7.85. The summed E-state index contributed by atoms with van der Waals surface area (Å²) in [7, 11) is -2.78. The van der Waals surface area contributed by atoms with E-state index in [0.29, 0.717) is 38.2 Å². The summed E-state index contributed by atoms with van der Waals surface area (Å²) in [5.41, 5.74) is 0.986. The van der Waals surface area contributed by atoms with Crippen LogP contribution in [-0.4, -0.2) is 88.3 Å². The zero-order valence-electron chi connectivity index (χ0n) is 19.5. The maximum Gasteiger partial charge on any atom is 0.264 e. The molecule has 0 radical (unpaired) electrons. The van der Waals surface area contributed by atoms with Crippen molar-refractivity contribution in [2.45, 2.75) is 30.5 Å². The number of hydrogen-bond acceptors (Lipinski definition) is 12. The van der Waals surface area contributed by atoms with Crippen molar-refractivity contribution in [3.63, 3.8) is 0 Å². The molecule has 12 nitrogen and oxygen atoms in total. The Balaban J connectivity index is 1.93. The first-order valence-corrected chi connectivity index (χ1v) is 13.6. The number of nitrogens with zero attached hydrogens (tertiary/aromatic N) is 2. The number of rotatable bonds is 11. The van der Waals surface area contributed by atoms with Crippen LogP contribution in [0.25, 0.3) is 10.9 Å². The number of aliphatic hydroxyl groups excluding tert-OH is 5. The van der Waals surface area contributed by atoms with E-state index in [1.165, 1.54) is 25.6 Å². The van der Waals surface area contributed by atoms with Gasteiger partial charge in [-0.25, -0.2) is 9.97 Å². The molecule has 5 atom stereocenters. The topological polar surface area (TPSA) is 192 Å². The number of benzene rings is 2. The van der Waals surface area contributed by atoms with Gasteiger partial charge in [0.1, 0.15) is 48.4 Å². The third-order valence-electron chi connectivity index (χ3n) is 5.37. The van der Waals surface area contributed by atoms with Gasteiger partial charge in [0.2, 0.25) is 0 Å². The summed E-state index contributed by atoms with van der Waals surface area (Å²) in [6, 6.07) is 8.13. The summed E-state index contributed by atoms with van der Waals surface area (Å²) in [5, 5.41) is 55.5. The first-order chi connectivity index (χ1) is 17.4. The molecule has 0 bridgehead atoms. The van der Waals surface area contributed by atoms with Gasteiger partial charge in [-0.05, 0) is 46.3 Å². The minimum absolute atomic E-state index is 0.00895. The van der Waals surface area contributed by atoms with Gasteiger partial charge in [-0.2, -0.15) is 8.42 Å². The van der Waals surface area contributed by atoms with E-state index < -0.39 is 47.2 Å². The molecule has 6 N–H and O–H groups in total. The largest absolute Gasteiger partial charge is 0.496 e. The molecule has 0 spiro atoms. The van der Waals surface area contributed by atoms with Gasteiger partial charge in [-0.15, -0.1) is 0 Å². The van der Waals surface area contributed by atoms with Gasteiger partial charge in [-0.3, -0.25) is 4.18 Å². The van der Waals surface area contributed by atoms with E-state index in [9.17, 15) is 34.0 Å². The number of anilines is 2. The van der Waals surface area contributed by atoms with Crippen LogP contribution in [0, 0.1) is 0 Å². The zero-order valence-corrected chi connectivity index (χ0v) is 22.6. The molecule has 202 valence electrons. The molecule has 3 aromatic rings. The number of ether oxygens (including phenoxy) is 1. The highest BCUT2D eigenvalue weighted by molar-refractivity contribution is 9.10. The van der Waals surface area contributed by atoms with Crippen LogP contribution < -0.4 is 10.1 Å². The molecular weight excluding hydrogens is 598 g/mol. The molecule has 15 heteroatoms. The average molecular weight is 623 g/mol. The Morgan fingerprint density at radius 3 is 2.38 bits per heavy atom. The molecule has 0 aliphatic rings. The first kappa shape index (κ1) is 29.4. The molecule has 37 heavy (non-hydrogen) atoms. The molecule has 0 aliphatic carbocycles. The number of methoxy groups -OCH3 is 1. The van der Waals surface area contributed by atoms with Crippen LogP contribution in [0.5, 0.6) is 5.75 Å². The Morgan fingerprint density at radius 1 is 1.08 bits per heavy atom. The van der Waals surface area contributed by atoms with E-state index in [0.717, 1.165) is 0 Å². The molecule has 2 aromatic carbocycles. The molecule has 1 unspecified atom stereocenters. The second-order valence-electron chi connectivity index (χ2n) is 8.03. The molecule has 0 fully saturated rings. The van der Waals surface area contributed by atoms with Crippen LogP contribution >= 0.6 is 27.5 Å². The molecule has 0 aliphatic heterocycles. The van der Waals surface area contributed by atoms with Crippen LogP contribution in [0.2, 0.25) is 5.02 Å². The minimum atomic E-state index is -4.10. The summed E-state index contributed by atoms with van der Waals surface area (Å²) < 4.78 is 33.3. The number of hydrogen-bond donors (Lipinski definition) is 6. The SMILES string of the molecule is COc1cc2c(Nc3ccc(Br)c(Cl)c3)ncnc2cc1C(O)[C@@H](O)[C@H](O)[C@@H](O)[C@H](CO)OS(C)(=O)=O. The monoisotopic (exact) mass is 621 g/mol. The minimum Gasteiger partial charge on any atom is -0.496 e. The van der Waals surface area contributed by atoms with E-state index in [4.69, 9.17) is 16.3 Å². The lowest BCUT2D eigenvalue weighted by Gasteiger charge is -2.30. The number of aliphatic hydroxyl groups is 5. The molecular formula is C22H25BrClN3O9S. The van der Waals surface area contributed by atoms with E-state index in [-0.39, 0.29) is 11.3 Å². The fourth-order valence-electron chi connectivity index (χ4n) is 3.53. The highest BCUT2D eigenvalue weighted by Crippen LogP contribution is 2.36. The number of halogens is 2. The van der Waals surface area contributed by atoms with Crippen LogP contribution in [0.15, 0.2) is 41.1 Å². The van der Waals surface area contributed by atoms with Crippen LogP contribution in [-0.2, 0) is 14.3 Å². The van der Waals surface area contributed by atoms with Crippen LogP contribution in [0.4, 0.5) is 11.5 Å². The van der Waals surface area contributed by atoms with Crippen molar-refractivity contribution in [3.05, 3.63) is 51.7 Å². The normalized spacial score (nSPS) is 16.1.